The van der Waals surface area contributed by atoms with E-state index in [4.69, 9.17) is 0 Å². The normalized spacial score (nSPS) is 10.3. The number of hydrogen-bond acceptors (Lipinski definition) is 3. The molecule has 0 aliphatic carbocycles. The highest BCUT2D eigenvalue weighted by atomic mass is 16.6. The van der Waals surface area contributed by atoms with E-state index >= 15 is 0 Å². The van der Waals surface area contributed by atoms with E-state index < -0.39 is 4.92 Å². The van der Waals surface area contributed by atoms with Gasteiger partial charge in [0.25, 0.3) is 11.6 Å². The summed E-state index contributed by atoms with van der Waals surface area (Å²) in [7, 11) is 0. The van der Waals surface area contributed by atoms with Crippen LogP contribution >= 0.6 is 0 Å². The lowest BCUT2D eigenvalue weighted by Crippen LogP contribution is -2.14. The van der Waals surface area contributed by atoms with Gasteiger partial charge in [0.15, 0.2) is 0 Å². The Morgan fingerprint density at radius 1 is 0.880 bits per heavy atom. The summed E-state index contributed by atoms with van der Waals surface area (Å²) in [6.07, 6.45) is 0. The summed E-state index contributed by atoms with van der Waals surface area (Å²) >= 11 is 0. The van der Waals surface area contributed by atoms with Gasteiger partial charge in [0.1, 0.15) is 0 Å². The van der Waals surface area contributed by atoms with E-state index in [1.165, 1.54) is 12.1 Å². The maximum Gasteiger partial charge on any atom is 0.273 e. The number of nitro benzene ring substituents is 1. The van der Waals surface area contributed by atoms with Crippen molar-refractivity contribution in [3.05, 3.63) is 94.0 Å². The van der Waals surface area contributed by atoms with Crippen molar-refractivity contribution in [2.24, 2.45) is 0 Å². The van der Waals surface area contributed by atoms with Crippen molar-refractivity contribution in [2.75, 3.05) is 5.32 Å². The van der Waals surface area contributed by atoms with Crippen LogP contribution in [0.1, 0.15) is 15.9 Å². The number of nitro groups is 1. The molecule has 0 atom stereocenters. The first kappa shape index (κ1) is 16.4. The Morgan fingerprint density at radius 2 is 1.52 bits per heavy atom. The predicted octanol–water partition coefficient (Wildman–Crippen LogP) is 4.82. The van der Waals surface area contributed by atoms with Gasteiger partial charge in [-0.25, -0.2) is 0 Å². The number of carbonyl (C=O) groups is 1. The van der Waals surface area contributed by atoms with Crippen LogP contribution in [0, 0.1) is 17.0 Å². The van der Waals surface area contributed by atoms with Crippen molar-refractivity contribution in [1.82, 2.24) is 0 Å². The van der Waals surface area contributed by atoms with Crippen LogP contribution in [0.5, 0.6) is 0 Å². The smallest absolute Gasteiger partial charge is 0.273 e. The summed E-state index contributed by atoms with van der Waals surface area (Å²) in [5.74, 6) is -0.367. The monoisotopic (exact) mass is 332 g/mol. The fourth-order valence-electron chi connectivity index (χ4n) is 2.64. The molecule has 3 rings (SSSR count). The third kappa shape index (κ3) is 3.55. The molecule has 0 aliphatic rings. The van der Waals surface area contributed by atoms with Crippen LogP contribution in [0.4, 0.5) is 11.4 Å². The molecule has 0 fully saturated rings. The molecule has 1 amide bonds. The minimum Gasteiger partial charge on any atom is -0.322 e. The van der Waals surface area contributed by atoms with E-state index in [1.807, 2.05) is 54.6 Å². The zero-order valence-corrected chi connectivity index (χ0v) is 13.6. The van der Waals surface area contributed by atoms with Crippen LogP contribution < -0.4 is 5.32 Å². The van der Waals surface area contributed by atoms with E-state index in [-0.39, 0.29) is 11.6 Å². The lowest BCUT2D eigenvalue weighted by molar-refractivity contribution is -0.385. The van der Waals surface area contributed by atoms with Gasteiger partial charge in [-0.2, -0.15) is 0 Å². The lowest BCUT2D eigenvalue weighted by Gasteiger charge is -2.09. The van der Waals surface area contributed by atoms with Gasteiger partial charge in [-0.15, -0.1) is 0 Å². The van der Waals surface area contributed by atoms with Gasteiger partial charge < -0.3 is 5.32 Å². The number of anilines is 1. The standard InChI is InChI=1S/C20H16N2O3/c1-14-18(8-5-9-19(14)22(24)25)20(23)21-17-12-10-16(11-13-17)15-6-3-2-4-7-15/h2-13H,1H3,(H,21,23). The lowest BCUT2D eigenvalue weighted by atomic mass is 10.0. The Labute approximate surface area is 145 Å². The van der Waals surface area contributed by atoms with E-state index in [2.05, 4.69) is 5.32 Å². The van der Waals surface area contributed by atoms with Crippen LogP contribution in [0.2, 0.25) is 0 Å². The fourth-order valence-corrected chi connectivity index (χ4v) is 2.64. The molecule has 5 heteroatoms. The summed E-state index contributed by atoms with van der Waals surface area (Å²) in [6, 6.07) is 21.9. The quantitative estimate of drug-likeness (QED) is 0.550. The van der Waals surface area contributed by atoms with Crippen molar-refractivity contribution in [1.29, 1.82) is 0 Å². The molecule has 0 bridgehead atoms. The van der Waals surface area contributed by atoms with E-state index in [9.17, 15) is 14.9 Å². The maximum absolute atomic E-state index is 12.4. The van der Waals surface area contributed by atoms with Gasteiger partial charge in [0.05, 0.1) is 4.92 Å². The van der Waals surface area contributed by atoms with Gasteiger partial charge in [-0.05, 0) is 36.2 Å². The molecule has 1 N–H and O–H groups in total. The van der Waals surface area contributed by atoms with Gasteiger partial charge in [0, 0.05) is 22.9 Å². The SMILES string of the molecule is Cc1c(C(=O)Nc2ccc(-c3ccccc3)cc2)cccc1[N+](=O)[O-]. The van der Waals surface area contributed by atoms with E-state index in [0.29, 0.717) is 16.8 Å². The van der Waals surface area contributed by atoms with Gasteiger partial charge in [0.2, 0.25) is 0 Å². The second-order valence-electron chi connectivity index (χ2n) is 5.60. The predicted molar refractivity (Wildman–Crippen MR) is 97.7 cm³/mol. The molecule has 0 unspecified atom stereocenters. The maximum atomic E-state index is 12.4. The number of hydrogen-bond donors (Lipinski definition) is 1. The molecule has 124 valence electrons. The second-order valence-corrected chi connectivity index (χ2v) is 5.60. The molecule has 0 saturated carbocycles. The summed E-state index contributed by atoms with van der Waals surface area (Å²) in [6.45, 7) is 1.57. The number of nitrogens with one attached hydrogen (secondary N) is 1. The molecule has 0 saturated heterocycles. The topological polar surface area (TPSA) is 72.2 Å². The molecule has 0 spiro atoms. The Morgan fingerprint density at radius 3 is 2.16 bits per heavy atom. The van der Waals surface area contributed by atoms with Gasteiger partial charge in [-0.1, -0.05) is 48.5 Å². The largest absolute Gasteiger partial charge is 0.322 e. The van der Waals surface area contributed by atoms with Crippen molar-refractivity contribution < 1.29 is 9.72 Å². The summed E-state index contributed by atoms with van der Waals surface area (Å²) in [4.78, 5) is 22.9. The zero-order valence-electron chi connectivity index (χ0n) is 13.6. The molecule has 3 aromatic carbocycles. The minimum absolute atomic E-state index is 0.0629. The van der Waals surface area contributed by atoms with E-state index in [0.717, 1.165) is 11.1 Å². The van der Waals surface area contributed by atoms with Crippen LogP contribution in [0.3, 0.4) is 0 Å². The first-order valence-corrected chi connectivity index (χ1v) is 7.77. The Kier molecular flexibility index (Phi) is 4.57. The van der Waals surface area contributed by atoms with Crippen molar-refractivity contribution in [2.45, 2.75) is 6.92 Å². The van der Waals surface area contributed by atoms with Crippen LogP contribution in [0.15, 0.2) is 72.8 Å². The van der Waals surface area contributed by atoms with E-state index in [1.54, 1.807) is 13.0 Å². The molecule has 0 aliphatic heterocycles. The number of carbonyl (C=O) groups excluding carboxylic acids is 1. The average Bonchev–Trinajstić information content (AvgIpc) is 2.63. The summed E-state index contributed by atoms with van der Waals surface area (Å²) in [5.41, 5.74) is 3.36. The Bertz CT molecular complexity index is 919. The first-order chi connectivity index (χ1) is 12.1. The molecular formula is C20H16N2O3. The van der Waals surface area contributed by atoms with Crippen molar-refractivity contribution in [3.8, 4) is 11.1 Å². The van der Waals surface area contributed by atoms with Gasteiger partial charge in [-0.3, -0.25) is 14.9 Å². The molecular weight excluding hydrogens is 316 g/mol. The third-order valence-corrected chi connectivity index (χ3v) is 4.00. The minimum atomic E-state index is -0.485. The number of amides is 1. The molecule has 0 aromatic heterocycles. The molecule has 5 nitrogen and oxygen atoms in total. The number of rotatable bonds is 4. The summed E-state index contributed by atoms with van der Waals surface area (Å²) < 4.78 is 0. The zero-order chi connectivity index (χ0) is 17.8. The fraction of sp³-hybridized carbons (Fsp3) is 0.0500. The number of nitrogens with zero attached hydrogens (tertiary/aromatic N) is 1. The van der Waals surface area contributed by atoms with Gasteiger partial charge >= 0.3 is 0 Å². The Balaban J connectivity index is 1.80. The summed E-state index contributed by atoms with van der Waals surface area (Å²) in [5, 5.41) is 13.8. The van der Waals surface area contributed by atoms with Crippen LogP contribution in [0.25, 0.3) is 11.1 Å². The molecule has 0 radical (unpaired) electrons. The Hall–Kier alpha value is -3.47. The molecule has 25 heavy (non-hydrogen) atoms. The van der Waals surface area contributed by atoms with Crippen LogP contribution in [-0.4, -0.2) is 10.8 Å². The average molecular weight is 332 g/mol. The van der Waals surface area contributed by atoms with Crippen molar-refractivity contribution in [3.63, 3.8) is 0 Å². The molecule has 3 aromatic rings. The highest BCUT2D eigenvalue weighted by Gasteiger charge is 2.17. The highest BCUT2D eigenvalue weighted by Crippen LogP contribution is 2.24. The molecule has 0 heterocycles. The highest BCUT2D eigenvalue weighted by molar-refractivity contribution is 6.05. The number of benzene rings is 3. The third-order valence-electron chi connectivity index (χ3n) is 4.00. The first-order valence-electron chi connectivity index (χ1n) is 7.77. The van der Waals surface area contributed by atoms with Crippen LogP contribution in [-0.2, 0) is 0 Å². The van der Waals surface area contributed by atoms with Crippen molar-refractivity contribution >= 4 is 17.3 Å². The second kappa shape index (κ2) is 6.97.